The van der Waals surface area contributed by atoms with Crippen molar-refractivity contribution < 1.29 is 26.3 Å². The Kier molecular flexibility index (Phi) is 6.15. The van der Waals surface area contributed by atoms with Crippen LogP contribution in [0.1, 0.15) is 0 Å². The molecule has 1 N–H and O–H groups in total. The second-order valence-corrected chi connectivity index (χ2v) is 2.83. The molecular weight excluding hydrogens is 244 g/mol. The molecule has 0 saturated heterocycles. The van der Waals surface area contributed by atoms with Crippen LogP contribution in [-0.4, -0.2) is 18.9 Å². The first kappa shape index (κ1) is 15.3. The van der Waals surface area contributed by atoms with Crippen molar-refractivity contribution in [1.82, 2.24) is 5.10 Å². The number of nitrogens with one attached hydrogen (secondary N) is 1. The van der Waals surface area contributed by atoms with Crippen LogP contribution in [0.25, 0.3) is 0 Å². The maximum Gasteiger partial charge on any atom is 0.673 e. The topological polar surface area (TPSA) is 28.8 Å². The van der Waals surface area contributed by atoms with Crippen molar-refractivity contribution >= 4 is 13.1 Å². The number of aromatic nitrogens is 2. The number of anilines is 1. The van der Waals surface area contributed by atoms with E-state index in [0.29, 0.717) is 6.54 Å². The number of hydrogen-bond acceptors (Lipinski definition) is 2. The summed E-state index contributed by atoms with van der Waals surface area (Å²) in [5, 5.41) is 6.59. The van der Waals surface area contributed by atoms with Crippen molar-refractivity contribution in [3.8, 4) is 0 Å². The average Bonchev–Trinajstić information content (AvgIpc) is 2.14. The number of halogens is 5. The van der Waals surface area contributed by atoms with Crippen LogP contribution in [0.5, 0.6) is 0 Å². The van der Waals surface area contributed by atoms with Crippen LogP contribution < -0.4 is 10.00 Å². The summed E-state index contributed by atoms with van der Waals surface area (Å²) in [5.74, 6) is 0.276. The predicted octanol–water partition coefficient (Wildman–Crippen LogP) is 1.94. The van der Waals surface area contributed by atoms with Gasteiger partial charge in [0, 0.05) is 12.1 Å². The van der Waals surface area contributed by atoms with Crippen LogP contribution in [0, 0.1) is 5.95 Å². The van der Waals surface area contributed by atoms with E-state index in [2.05, 4.69) is 17.0 Å². The minimum Gasteiger partial charge on any atom is -0.418 e. The fraction of sp³-hybridized carbons (Fsp3) is 0.250. The molecule has 1 heterocycles. The zero-order chi connectivity index (χ0) is 13.5. The molecular formula is C8H11BF5N3. The quantitative estimate of drug-likeness (QED) is 0.387. The molecule has 1 rings (SSSR count). The lowest BCUT2D eigenvalue weighted by atomic mass is 10.3. The molecule has 0 bridgehead atoms. The fourth-order valence-corrected chi connectivity index (χ4v) is 0.836. The monoisotopic (exact) mass is 255 g/mol. The van der Waals surface area contributed by atoms with Gasteiger partial charge in [0.25, 0.3) is 11.8 Å². The van der Waals surface area contributed by atoms with Gasteiger partial charge in [-0.15, -0.1) is 4.68 Å². The summed E-state index contributed by atoms with van der Waals surface area (Å²) < 4.78 is 52.9. The summed E-state index contributed by atoms with van der Waals surface area (Å²) in [4.78, 5) is 0. The highest BCUT2D eigenvalue weighted by molar-refractivity contribution is 6.50. The normalized spacial score (nSPS) is 10.2. The smallest absolute Gasteiger partial charge is 0.418 e. The van der Waals surface area contributed by atoms with Gasteiger partial charge >= 0.3 is 7.25 Å². The van der Waals surface area contributed by atoms with E-state index < -0.39 is 13.2 Å². The molecule has 0 saturated carbocycles. The third-order valence-electron chi connectivity index (χ3n) is 1.40. The van der Waals surface area contributed by atoms with Crippen LogP contribution in [-0.2, 0) is 7.05 Å². The molecule has 0 aliphatic heterocycles. The summed E-state index contributed by atoms with van der Waals surface area (Å²) in [6, 6.07) is 2.94. The SMILES string of the molecule is C=CCNc1ccc(F)n[n+]1C.F[B-](F)(F)F. The van der Waals surface area contributed by atoms with Gasteiger partial charge in [0.15, 0.2) is 0 Å². The molecule has 0 unspecified atom stereocenters. The predicted molar refractivity (Wildman–Crippen MR) is 54.2 cm³/mol. The van der Waals surface area contributed by atoms with Gasteiger partial charge in [-0.25, -0.2) is 0 Å². The second-order valence-electron chi connectivity index (χ2n) is 2.83. The minimum absolute atomic E-state index is 0.485. The van der Waals surface area contributed by atoms with Gasteiger partial charge < -0.3 is 17.3 Å². The first-order valence-corrected chi connectivity index (χ1v) is 4.49. The Morgan fingerprint density at radius 1 is 1.41 bits per heavy atom. The Morgan fingerprint density at radius 2 is 1.94 bits per heavy atom. The van der Waals surface area contributed by atoms with E-state index >= 15 is 0 Å². The van der Waals surface area contributed by atoms with Crippen LogP contribution >= 0.6 is 0 Å². The lowest BCUT2D eigenvalue weighted by Crippen LogP contribution is -2.37. The molecule has 0 atom stereocenters. The molecule has 1 aromatic rings. The van der Waals surface area contributed by atoms with Crippen molar-refractivity contribution in [3.05, 3.63) is 30.7 Å². The second kappa shape index (κ2) is 6.82. The highest BCUT2D eigenvalue weighted by Crippen LogP contribution is 2.06. The molecule has 17 heavy (non-hydrogen) atoms. The van der Waals surface area contributed by atoms with Crippen molar-refractivity contribution in [2.24, 2.45) is 7.05 Å². The Bertz CT molecular complexity index is 363. The van der Waals surface area contributed by atoms with Gasteiger partial charge in [0.2, 0.25) is 0 Å². The van der Waals surface area contributed by atoms with Crippen molar-refractivity contribution in [2.45, 2.75) is 0 Å². The van der Waals surface area contributed by atoms with Crippen LogP contribution in [0.4, 0.5) is 27.5 Å². The van der Waals surface area contributed by atoms with Gasteiger partial charge in [-0.05, 0) is 0 Å². The number of nitrogens with zero attached hydrogens (tertiary/aromatic N) is 2. The average molecular weight is 255 g/mol. The highest BCUT2D eigenvalue weighted by atomic mass is 19.5. The van der Waals surface area contributed by atoms with E-state index in [9.17, 15) is 21.7 Å². The van der Waals surface area contributed by atoms with Gasteiger partial charge in [-0.1, -0.05) is 17.8 Å². The third-order valence-corrected chi connectivity index (χ3v) is 1.40. The Labute approximate surface area is 95.1 Å². The zero-order valence-electron chi connectivity index (χ0n) is 9.01. The third kappa shape index (κ3) is 9.27. The van der Waals surface area contributed by atoms with Crippen molar-refractivity contribution in [2.75, 3.05) is 11.9 Å². The standard InChI is InChI=1S/C8H10FN3.BF4/c1-3-6-10-8-5-4-7(9)11-12(8)2;2-1(3,4)5/h3-5H,1,6H2,2H3;/q;-1/p+1. The van der Waals surface area contributed by atoms with Crippen LogP contribution in [0.15, 0.2) is 24.8 Å². The summed E-state index contributed by atoms with van der Waals surface area (Å²) in [5.41, 5.74) is 0. The number of hydrogen-bond donors (Lipinski definition) is 1. The molecule has 9 heteroatoms. The Morgan fingerprint density at radius 3 is 2.35 bits per heavy atom. The molecule has 1 aromatic heterocycles. The maximum atomic E-state index is 12.5. The number of aryl methyl sites for hydroxylation is 1. The van der Waals surface area contributed by atoms with Crippen LogP contribution in [0.2, 0.25) is 0 Å². The summed E-state index contributed by atoms with van der Waals surface area (Å²) in [6.45, 7) is 4.20. The summed E-state index contributed by atoms with van der Waals surface area (Å²) in [6.07, 6.45) is 1.73. The van der Waals surface area contributed by atoms with Crippen molar-refractivity contribution in [1.29, 1.82) is 0 Å². The molecule has 96 valence electrons. The number of rotatable bonds is 3. The molecule has 0 amide bonds. The molecule has 0 radical (unpaired) electrons. The van der Waals surface area contributed by atoms with E-state index in [0.717, 1.165) is 5.82 Å². The molecule has 0 aliphatic carbocycles. The van der Waals surface area contributed by atoms with E-state index in [1.54, 1.807) is 19.2 Å². The van der Waals surface area contributed by atoms with Gasteiger partial charge in [0.1, 0.15) is 13.6 Å². The van der Waals surface area contributed by atoms with Crippen LogP contribution in [0.3, 0.4) is 0 Å². The minimum atomic E-state index is -6.00. The summed E-state index contributed by atoms with van der Waals surface area (Å²) in [7, 11) is -4.32. The first-order chi connectivity index (χ1) is 7.74. The van der Waals surface area contributed by atoms with E-state index in [4.69, 9.17) is 0 Å². The van der Waals surface area contributed by atoms with Gasteiger partial charge in [0.05, 0.1) is 0 Å². The Hall–Kier alpha value is -1.67. The Balaban J connectivity index is 0.000000437. The lowest BCUT2D eigenvalue weighted by Gasteiger charge is -1.98. The molecule has 0 aliphatic rings. The summed E-state index contributed by atoms with van der Waals surface area (Å²) >= 11 is 0. The van der Waals surface area contributed by atoms with E-state index in [1.807, 2.05) is 0 Å². The fourth-order valence-electron chi connectivity index (χ4n) is 0.836. The lowest BCUT2D eigenvalue weighted by molar-refractivity contribution is -0.719. The first-order valence-electron chi connectivity index (χ1n) is 4.49. The highest BCUT2D eigenvalue weighted by Gasteiger charge is 2.20. The molecule has 0 aromatic carbocycles. The largest absolute Gasteiger partial charge is 0.673 e. The van der Waals surface area contributed by atoms with Gasteiger partial charge in [-0.2, -0.15) is 4.39 Å². The molecule has 0 fully saturated rings. The van der Waals surface area contributed by atoms with E-state index in [1.165, 1.54) is 10.7 Å². The van der Waals surface area contributed by atoms with Gasteiger partial charge in [-0.3, -0.25) is 5.32 Å². The molecule has 3 nitrogen and oxygen atoms in total. The molecule has 0 spiro atoms. The maximum absolute atomic E-state index is 12.5. The van der Waals surface area contributed by atoms with E-state index in [-0.39, 0.29) is 0 Å². The zero-order valence-corrected chi connectivity index (χ0v) is 9.01. The van der Waals surface area contributed by atoms with Crippen molar-refractivity contribution in [3.63, 3.8) is 0 Å².